The van der Waals surface area contributed by atoms with Gasteiger partial charge in [-0.05, 0) is 37.1 Å². The van der Waals surface area contributed by atoms with E-state index in [4.69, 9.17) is 9.15 Å². The molecule has 142 valence electrons. The maximum Gasteiger partial charge on any atom is 0.234 e. The van der Waals surface area contributed by atoms with Crippen LogP contribution in [0.5, 0.6) is 5.75 Å². The van der Waals surface area contributed by atoms with E-state index in [0.717, 1.165) is 48.6 Å². The minimum Gasteiger partial charge on any atom is -0.497 e. The van der Waals surface area contributed by atoms with Gasteiger partial charge in [-0.3, -0.25) is 0 Å². The number of hydrogen-bond donors (Lipinski definition) is 0. The summed E-state index contributed by atoms with van der Waals surface area (Å²) in [7, 11) is -2.04. The van der Waals surface area contributed by atoms with Gasteiger partial charge in [0.25, 0.3) is 0 Å². The van der Waals surface area contributed by atoms with E-state index in [-0.39, 0.29) is 10.1 Å². The van der Waals surface area contributed by atoms with E-state index in [1.807, 2.05) is 0 Å². The van der Waals surface area contributed by atoms with E-state index < -0.39 is 9.84 Å². The maximum atomic E-state index is 12.7. The summed E-state index contributed by atoms with van der Waals surface area (Å²) in [5, 5.41) is 8.57. The molecular formula is C17H18N4O4S2. The molecule has 0 saturated carbocycles. The van der Waals surface area contributed by atoms with E-state index in [2.05, 4.69) is 20.1 Å². The molecule has 1 saturated heterocycles. The van der Waals surface area contributed by atoms with E-state index in [1.54, 1.807) is 31.4 Å². The molecule has 4 rings (SSSR count). The van der Waals surface area contributed by atoms with Crippen LogP contribution in [0, 0.1) is 0 Å². The Morgan fingerprint density at radius 2 is 1.93 bits per heavy atom. The molecule has 1 aliphatic rings. The van der Waals surface area contributed by atoms with Crippen molar-refractivity contribution in [2.75, 3.05) is 25.1 Å². The number of anilines is 1. The number of hydrogen-bond acceptors (Lipinski definition) is 9. The Morgan fingerprint density at radius 1 is 1.19 bits per heavy atom. The van der Waals surface area contributed by atoms with E-state index in [1.165, 1.54) is 6.26 Å². The van der Waals surface area contributed by atoms with Crippen LogP contribution < -0.4 is 9.64 Å². The Balaban J connectivity index is 1.50. The summed E-state index contributed by atoms with van der Waals surface area (Å²) in [6, 6.07) is 7.18. The van der Waals surface area contributed by atoms with Crippen LogP contribution in [0.25, 0.3) is 11.5 Å². The van der Waals surface area contributed by atoms with E-state index >= 15 is 0 Å². The fourth-order valence-corrected chi connectivity index (χ4v) is 5.21. The van der Waals surface area contributed by atoms with Crippen LogP contribution in [-0.4, -0.2) is 43.8 Å². The van der Waals surface area contributed by atoms with Gasteiger partial charge in [0.05, 0.1) is 12.8 Å². The fraction of sp³-hybridized carbons (Fsp3) is 0.353. The SMILES string of the molecule is COc1ccc(-c2nc(CS(=O)(=O)c3nnc(N4CCCC4)s3)co2)cc1. The van der Waals surface area contributed by atoms with Crippen LogP contribution in [0.1, 0.15) is 18.5 Å². The van der Waals surface area contributed by atoms with Gasteiger partial charge in [0.15, 0.2) is 0 Å². The molecule has 1 aromatic carbocycles. The number of rotatable bonds is 6. The summed E-state index contributed by atoms with van der Waals surface area (Å²) in [6.07, 6.45) is 3.54. The predicted octanol–water partition coefficient (Wildman–Crippen LogP) is 2.78. The van der Waals surface area contributed by atoms with Crippen molar-refractivity contribution in [2.24, 2.45) is 0 Å². The Morgan fingerprint density at radius 3 is 2.63 bits per heavy atom. The van der Waals surface area contributed by atoms with Gasteiger partial charge < -0.3 is 14.1 Å². The lowest BCUT2D eigenvalue weighted by molar-refractivity contribution is 0.415. The first kappa shape index (κ1) is 17.9. The van der Waals surface area contributed by atoms with E-state index in [0.29, 0.717) is 16.7 Å². The molecule has 0 unspecified atom stereocenters. The molecule has 0 atom stereocenters. The third-order valence-corrected chi connectivity index (χ3v) is 7.35. The number of aromatic nitrogens is 3. The van der Waals surface area contributed by atoms with Gasteiger partial charge in [-0.25, -0.2) is 13.4 Å². The highest BCUT2D eigenvalue weighted by molar-refractivity contribution is 7.92. The monoisotopic (exact) mass is 406 g/mol. The minimum absolute atomic E-state index is 0.0124. The third kappa shape index (κ3) is 3.81. The van der Waals surface area contributed by atoms with Gasteiger partial charge >= 0.3 is 0 Å². The molecule has 1 aliphatic heterocycles. The van der Waals surface area contributed by atoms with Crippen molar-refractivity contribution in [1.29, 1.82) is 0 Å². The van der Waals surface area contributed by atoms with Gasteiger partial charge in [-0.1, -0.05) is 11.3 Å². The average Bonchev–Trinajstić information content (AvgIpc) is 3.42. The zero-order chi connectivity index (χ0) is 18.9. The minimum atomic E-state index is -3.63. The van der Waals surface area contributed by atoms with Crippen LogP contribution >= 0.6 is 11.3 Å². The van der Waals surface area contributed by atoms with E-state index in [9.17, 15) is 8.42 Å². The first-order valence-electron chi connectivity index (χ1n) is 8.45. The zero-order valence-electron chi connectivity index (χ0n) is 14.7. The van der Waals surface area contributed by atoms with Crippen molar-refractivity contribution < 1.29 is 17.6 Å². The molecule has 10 heteroatoms. The van der Waals surface area contributed by atoms with Gasteiger partial charge in [0.2, 0.25) is 25.2 Å². The van der Waals surface area contributed by atoms with Crippen molar-refractivity contribution in [3.05, 3.63) is 36.2 Å². The molecule has 2 aromatic heterocycles. The standard InChI is InChI=1S/C17H18N4O4S2/c1-24-14-6-4-12(5-7-14)15-18-13(10-25-15)11-27(22,23)17-20-19-16(26-17)21-8-2-3-9-21/h4-7,10H,2-3,8-9,11H2,1H3. The van der Waals surface area contributed by atoms with Crippen molar-refractivity contribution in [3.63, 3.8) is 0 Å². The lowest BCUT2D eigenvalue weighted by atomic mass is 10.2. The number of benzene rings is 1. The molecule has 8 nitrogen and oxygen atoms in total. The zero-order valence-corrected chi connectivity index (χ0v) is 16.3. The Kier molecular flexibility index (Phi) is 4.83. The van der Waals surface area contributed by atoms with Gasteiger partial charge in [-0.2, -0.15) is 0 Å². The highest BCUT2D eigenvalue weighted by atomic mass is 32.2. The van der Waals surface area contributed by atoms with Gasteiger partial charge in [0.1, 0.15) is 17.8 Å². The average molecular weight is 406 g/mol. The highest BCUT2D eigenvalue weighted by Crippen LogP contribution is 2.29. The molecule has 3 aromatic rings. The van der Waals surface area contributed by atoms with Crippen molar-refractivity contribution in [2.45, 2.75) is 22.9 Å². The maximum absolute atomic E-state index is 12.7. The van der Waals surface area contributed by atoms with Crippen LogP contribution in [0.4, 0.5) is 5.13 Å². The summed E-state index contributed by atoms with van der Waals surface area (Å²) in [6.45, 7) is 1.78. The lowest BCUT2D eigenvalue weighted by Crippen LogP contribution is -2.17. The molecule has 3 heterocycles. The number of sulfone groups is 1. The molecule has 1 fully saturated rings. The molecule has 0 spiro atoms. The third-order valence-electron chi connectivity index (χ3n) is 4.27. The summed E-state index contributed by atoms with van der Waals surface area (Å²) < 4.78 is 35.9. The molecule has 0 amide bonds. The lowest BCUT2D eigenvalue weighted by Gasteiger charge is -2.10. The number of ether oxygens (including phenoxy) is 1. The molecule has 0 aliphatic carbocycles. The normalized spacial score (nSPS) is 14.6. The summed E-state index contributed by atoms with van der Waals surface area (Å²) >= 11 is 1.11. The molecule has 0 bridgehead atoms. The topological polar surface area (TPSA) is 98.4 Å². The number of oxazole rings is 1. The first-order valence-corrected chi connectivity index (χ1v) is 10.9. The summed E-state index contributed by atoms with van der Waals surface area (Å²) in [5.41, 5.74) is 1.07. The largest absolute Gasteiger partial charge is 0.497 e. The number of nitrogens with zero attached hydrogens (tertiary/aromatic N) is 4. The molecule has 0 radical (unpaired) electrons. The number of methoxy groups -OCH3 is 1. The summed E-state index contributed by atoms with van der Waals surface area (Å²) in [4.78, 5) is 6.35. The van der Waals surface area contributed by atoms with Gasteiger partial charge in [0, 0.05) is 18.7 Å². The molecule has 0 N–H and O–H groups in total. The molecular weight excluding hydrogens is 388 g/mol. The second kappa shape index (κ2) is 7.28. The van der Waals surface area contributed by atoms with Crippen molar-refractivity contribution in [3.8, 4) is 17.2 Å². The van der Waals surface area contributed by atoms with Gasteiger partial charge in [-0.15, -0.1) is 10.2 Å². The summed E-state index contributed by atoms with van der Waals surface area (Å²) in [5.74, 6) is 0.803. The van der Waals surface area contributed by atoms with Crippen LogP contribution in [0.2, 0.25) is 0 Å². The molecule has 27 heavy (non-hydrogen) atoms. The fourth-order valence-electron chi connectivity index (χ4n) is 2.86. The second-order valence-electron chi connectivity index (χ2n) is 6.18. The Hall–Kier alpha value is -2.46. The second-order valence-corrected chi connectivity index (χ2v) is 9.30. The quantitative estimate of drug-likeness (QED) is 0.616. The Labute approximate surface area is 160 Å². The first-order chi connectivity index (χ1) is 13.0. The Bertz CT molecular complexity index is 1020. The highest BCUT2D eigenvalue weighted by Gasteiger charge is 2.25. The van der Waals surface area contributed by atoms with Crippen LogP contribution in [0.3, 0.4) is 0 Å². The van der Waals surface area contributed by atoms with Crippen molar-refractivity contribution in [1.82, 2.24) is 15.2 Å². The van der Waals surface area contributed by atoms with Crippen LogP contribution in [-0.2, 0) is 15.6 Å². The smallest absolute Gasteiger partial charge is 0.234 e. The predicted molar refractivity (Wildman–Crippen MR) is 101 cm³/mol. The van der Waals surface area contributed by atoms with Crippen LogP contribution in [0.15, 0.2) is 39.3 Å². The van der Waals surface area contributed by atoms with Crippen molar-refractivity contribution >= 4 is 26.3 Å².